The molecule has 4 aliphatic rings. The lowest BCUT2D eigenvalue weighted by Crippen LogP contribution is -2.76. The van der Waals surface area contributed by atoms with Gasteiger partial charge in [0.25, 0.3) is 0 Å². The van der Waals surface area contributed by atoms with Crippen LogP contribution < -0.4 is 9.47 Å². The fourth-order valence-corrected chi connectivity index (χ4v) is 8.33. The summed E-state index contributed by atoms with van der Waals surface area (Å²) in [6.07, 6.45) is 20.0. The van der Waals surface area contributed by atoms with E-state index in [4.69, 9.17) is 9.47 Å². The first-order valence-electron chi connectivity index (χ1n) is 16.6. The average Bonchev–Trinajstić information content (AvgIpc) is 3.32. The van der Waals surface area contributed by atoms with E-state index in [0.717, 1.165) is 36.9 Å². The van der Waals surface area contributed by atoms with Crippen LogP contribution in [0.25, 0.3) is 0 Å². The van der Waals surface area contributed by atoms with E-state index in [9.17, 15) is 14.7 Å². The molecule has 2 bridgehead atoms. The van der Waals surface area contributed by atoms with Gasteiger partial charge in [0, 0.05) is 37.5 Å². The maximum Gasteiger partial charge on any atom is 0.311 e. The van der Waals surface area contributed by atoms with Crippen molar-refractivity contribution in [2.45, 2.75) is 146 Å². The second-order valence-electron chi connectivity index (χ2n) is 13.0. The van der Waals surface area contributed by atoms with Gasteiger partial charge < -0.3 is 14.6 Å². The van der Waals surface area contributed by atoms with Gasteiger partial charge in [0.15, 0.2) is 23.4 Å². The van der Waals surface area contributed by atoms with Crippen molar-refractivity contribution in [1.29, 1.82) is 0 Å². The van der Waals surface area contributed by atoms with Crippen LogP contribution in [0.4, 0.5) is 0 Å². The number of ketones is 1. The zero-order valence-electron chi connectivity index (χ0n) is 25.3. The third-order valence-corrected chi connectivity index (χ3v) is 10.4. The Morgan fingerprint density at radius 1 is 1.05 bits per heavy atom. The lowest BCUT2D eigenvalue weighted by molar-refractivity contribution is -0.187. The van der Waals surface area contributed by atoms with Crippen LogP contribution in [-0.4, -0.2) is 52.6 Å². The molecule has 0 unspecified atom stereocenters. The van der Waals surface area contributed by atoms with Crippen LogP contribution in [0.5, 0.6) is 11.5 Å². The van der Waals surface area contributed by atoms with Gasteiger partial charge in [0.1, 0.15) is 0 Å². The SMILES string of the molecule is C=CCN1CC[C@]23c4c5ccc(OC(=O)CCCCCCCCCCCCCCC)c4O[C@@H]2C(=O)CC[C@@]3(O)[C@@H]1C5. The molecule has 6 heteroatoms. The number of likely N-dealkylation sites (tertiary alicyclic amines) is 1. The summed E-state index contributed by atoms with van der Waals surface area (Å²) in [7, 11) is 0. The van der Waals surface area contributed by atoms with Crippen LogP contribution in [0.1, 0.15) is 127 Å². The molecule has 4 atom stereocenters. The summed E-state index contributed by atoms with van der Waals surface area (Å²) in [4.78, 5) is 28.3. The number of carbonyl (C=O) groups excluding carboxylic acids is 2. The number of piperidine rings is 1. The minimum atomic E-state index is -1.05. The quantitative estimate of drug-likeness (QED) is 0.0950. The number of aliphatic hydroxyl groups is 1. The number of esters is 1. The minimum absolute atomic E-state index is 0.0406. The van der Waals surface area contributed by atoms with Crippen molar-refractivity contribution in [1.82, 2.24) is 4.90 Å². The first-order chi connectivity index (χ1) is 20.0. The zero-order valence-corrected chi connectivity index (χ0v) is 25.3. The summed E-state index contributed by atoms with van der Waals surface area (Å²) in [5.74, 6) is 0.695. The normalized spacial score (nSPS) is 27.8. The predicted molar refractivity (Wildman–Crippen MR) is 162 cm³/mol. The van der Waals surface area contributed by atoms with E-state index < -0.39 is 17.1 Å². The fourth-order valence-electron chi connectivity index (χ4n) is 8.33. The summed E-state index contributed by atoms with van der Waals surface area (Å²) in [5.41, 5.74) is 0.184. The lowest BCUT2D eigenvalue weighted by atomic mass is 9.49. The number of unbranched alkanes of at least 4 members (excludes halogenated alkanes) is 12. The molecule has 2 heterocycles. The molecule has 1 aromatic carbocycles. The maximum absolute atomic E-state index is 13.2. The molecule has 6 nitrogen and oxygen atoms in total. The Morgan fingerprint density at radius 3 is 2.37 bits per heavy atom. The van der Waals surface area contributed by atoms with Crippen LogP contribution in [-0.2, 0) is 21.4 Å². The Hall–Kier alpha value is -2.18. The lowest BCUT2D eigenvalue weighted by Gasteiger charge is -2.62. The van der Waals surface area contributed by atoms with Crippen LogP contribution in [0.2, 0.25) is 0 Å². The first-order valence-corrected chi connectivity index (χ1v) is 16.6. The second-order valence-corrected chi connectivity index (χ2v) is 13.0. The summed E-state index contributed by atoms with van der Waals surface area (Å²) >= 11 is 0. The van der Waals surface area contributed by atoms with Gasteiger partial charge in [-0.05, 0) is 37.3 Å². The smallest absolute Gasteiger partial charge is 0.311 e. The standard InChI is InChI=1S/C35H51NO5/c1-3-5-6-7-8-9-10-11-12-13-14-15-16-17-30(38)40-28-19-18-26-25-29-35(39)21-20-27(37)33-34(35,31(26)32(28)41-33)22-24-36(29)23-4-2/h4,18-19,29,33,39H,2-3,5-17,20-25H2,1H3/t29-,33+,34-,35+/m0/s1. The summed E-state index contributed by atoms with van der Waals surface area (Å²) in [6, 6.07) is 3.76. The van der Waals surface area contributed by atoms with Gasteiger partial charge in [-0.2, -0.15) is 0 Å². The third kappa shape index (κ3) is 5.76. The van der Waals surface area contributed by atoms with Gasteiger partial charge in [-0.1, -0.05) is 96.1 Å². The maximum atomic E-state index is 13.2. The number of hydrogen-bond donors (Lipinski definition) is 1. The van der Waals surface area contributed by atoms with E-state index in [-0.39, 0.29) is 17.8 Å². The molecule has 0 aromatic heterocycles. The largest absolute Gasteiger partial charge is 0.477 e. The van der Waals surface area contributed by atoms with Crippen molar-refractivity contribution >= 4 is 11.8 Å². The van der Waals surface area contributed by atoms with Crippen LogP contribution >= 0.6 is 0 Å². The van der Waals surface area contributed by atoms with Crippen molar-refractivity contribution in [3.05, 3.63) is 35.9 Å². The summed E-state index contributed by atoms with van der Waals surface area (Å²) in [6.45, 7) is 7.66. The van der Waals surface area contributed by atoms with Crippen molar-refractivity contribution in [2.24, 2.45) is 0 Å². The molecule has 1 aromatic rings. The summed E-state index contributed by atoms with van der Waals surface area (Å²) in [5, 5.41) is 12.3. The third-order valence-electron chi connectivity index (χ3n) is 10.4. The second kappa shape index (κ2) is 13.4. The molecular formula is C35H51NO5. The van der Waals surface area contributed by atoms with E-state index in [1.165, 1.54) is 64.2 Å². The van der Waals surface area contributed by atoms with Crippen molar-refractivity contribution in [3.8, 4) is 11.5 Å². The van der Waals surface area contributed by atoms with Gasteiger partial charge >= 0.3 is 5.97 Å². The van der Waals surface area contributed by atoms with E-state index in [1.54, 1.807) is 0 Å². The molecule has 2 aliphatic heterocycles. The number of nitrogens with zero attached hydrogens (tertiary/aromatic N) is 1. The number of benzene rings is 1. The van der Waals surface area contributed by atoms with Gasteiger partial charge in [-0.25, -0.2) is 0 Å². The number of carbonyl (C=O) groups is 2. The van der Waals surface area contributed by atoms with E-state index in [0.29, 0.717) is 50.1 Å². The Labute approximate surface area is 246 Å². The van der Waals surface area contributed by atoms with Crippen molar-refractivity contribution < 1.29 is 24.2 Å². The molecule has 1 saturated heterocycles. The minimum Gasteiger partial charge on any atom is -0.477 e. The number of ether oxygens (including phenoxy) is 2. The molecular weight excluding hydrogens is 514 g/mol. The Morgan fingerprint density at radius 2 is 1.71 bits per heavy atom. The fraction of sp³-hybridized carbons (Fsp3) is 0.714. The molecule has 5 rings (SSSR count). The molecule has 226 valence electrons. The molecule has 1 saturated carbocycles. The van der Waals surface area contributed by atoms with E-state index in [1.807, 2.05) is 18.2 Å². The zero-order chi connectivity index (χ0) is 28.9. The molecule has 1 N–H and O–H groups in total. The monoisotopic (exact) mass is 565 g/mol. The van der Waals surface area contributed by atoms with Crippen LogP contribution in [0, 0.1) is 0 Å². The highest BCUT2D eigenvalue weighted by Crippen LogP contribution is 2.64. The molecule has 0 radical (unpaired) electrons. The van der Waals surface area contributed by atoms with E-state index >= 15 is 0 Å². The number of hydrogen-bond acceptors (Lipinski definition) is 6. The molecule has 1 spiro atoms. The summed E-state index contributed by atoms with van der Waals surface area (Å²) < 4.78 is 12.2. The highest BCUT2D eigenvalue weighted by molar-refractivity contribution is 5.90. The van der Waals surface area contributed by atoms with Gasteiger partial charge in [0.2, 0.25) is 0 Å². The van der Waals surface area contributed by atoms with Gasteiger partial charge in [-0.3, -0.25) is 14.5 Å². The van der Waals surface area contributed by atoms with E-state index in [2.05, 4.69) is 18.4 Å². The number of rotatable bonds is 17. The van der Waals surface area contributed by atoms with Crippen molar-refractivity contribution in [3.63, 3.8) is 0 Å². The van der Waals surface area contributed by atoms with Gasteiger partial charge in [0.05, 0.1) is 11.0 Å². The first kappa shape index (κ1) is 30.3. The number of Topliss-reactive ketones (excluding diaryl/α,β-unsaturated/α-hetero) is 1. The molecule has 0 amide bonds. The van der Waals surface area contributed by atoms with Crippen molar-refractivity contribution in [2.75, 3.05) is 13.1 Å². The highest BCUT2D eigenvalue weighted by atomic mass is 16.6. The Kier molecular flexibility index (Phi) is 9.91. The Bertz CT molecular complexity index is 1100. The van der Waals surface area contributed by atoms with Crippen LogP contribution in [0.3, 0.4) is 0 Å². The Balaban J connectivity index is 1.13. The predicted octanol–water partition coefficient (Wildman–Crippen LogP) is 6.98. The van der Waals surface area contributed by atoms with Crippen LogP contribution in [0.15, 0.2) is 24.8 Å². The topological polar surface area (TPSA) is 76.1 Å². The van der Waals surface area contributed by atoms with Gasteiger partial charge in [-0.15, -0.1) is 6.58 Å². The average molecular weight is 566 g/mol. The molecule has 41 heavy (non-hydrogen) atoms. The highest BCUT2D eigenvalue weighted by Gasteiger charge is 2.73. The molecule has 2 aliphatic carbocycles. The molecule has 2 fully saturated rings.